The first kappa shape index (κ1) is 14.0. The van der Waals surface area contributed by atoms with Crippen LogP contribution in [-0.2, 0) is 6.54 Å². The van der Waals surface area contributed by atoms with Crippen LogP contribution >= 0.6 is 0 Å². The van der Waals surface area contributed by atoms with Gasteiger partial charge in [0.05, 0.1) is 0 Å². The van der Waals surface area contributed by atoms with Gasteiger partial charge in [-0.3, -0.25) is 4.90 Å². The number of hydrogen-bond donors (Lipinski definition) is 1. The molecule has 1 aromatic carbocycles. The molecular weight excluding hydrogens is 231 g/mol. The molecule has 0 saturated carbocycles. The van der Waals surface area contributed by atoms with Crippen LogP contribution in [-0.4, -0.2) is 35.4 Å². The van der Waals surface area contributed by atoms with E-state index in [-0.39, 0.29) is 0 Å². The van der Waals surface area contributed by atoms with E-state index in [4.69, 9.17) is 5.11 Å². The zero-order valence-corrected chi connectivity index (χ0v) is 9.61. The van der Waals surface area contributed by atoms with Crippen molar-refractivity contribution in [3.8, 4) is 0 Å². The van der Waals surface area contributed by atoms with Gasteiger partial charge in [-0.1, -0.05) is 37.3 Å². The summed E-state index contributed by atoms with van der Waals surface area (Å²) in [5.74, 6) is 0. The number of alkyl halides is 3. The highest BCUT2D eigenvalue weighted by atomic mass is 19.4. The lowest BCUT2D eigenvalue weighted by Gasteiger charge is -2.24. The standard InChI is InChI=1S/C12H16F3NO/c1-2-16(9-11(17)12(13,14)15)8-10-6-4-3-5-7-10/h3-7,11,17H,2,8-9H2,1H3. The lowest BCUT2D eigenvalue weighted by atomic mass is 10.2. The van der Waals surface area contributed by atoms with Gasteiger partial charge in [0.15, 0.2) is 6.10 Å². The van der Waals surface area contributed by atoms with Gasteiger partial charge in [-0.25, -0.2) is 0 Å². The minimum Gasteiger partial charge on any atom is -0.382 e. The van der Waals surface area contributed by atoms with Gasteiger partial charge in [0.25, 0.3) is 0 Å². The number of hydrogen-bond acceptors (Lipinski definition) is 2. The van der Waals surface area contributed by atoms with Gasteiger partial charge in [-0.05, 0) is 12.1 Å². The van der Waals surface area contributed by atoms with E-state index in [0.717, 1.165) is 5.56 Å². The minimum atomic E-state index is -4.55. The van der Waals surface area contributed by atoms with Gasteiger partial charge in [0, 0.05) is 13.1 Å². The Labute approximate surface area is 98.7 Å². The summed E-state index contributed by atoms with van der Waals surface area (Å²) < 4.78 is 36.6. The molecule has 1 aromatic rings. The van der Waals surface area contributed by atoms with E-state index >= 15 is 0 Å². The molecule has 96 valence electrons. The van der Waals surface area contributed by atoms with Crippen LogP contribution in [0.5, 0.6) is 0 Å². The van der Waals surface area contributed by atoms with Crippen molar-refractivity contribution in [3.63, 3.8) is 0 Å². The summed E-state index contributed by atoms with van der Waals surface area (Å²) in [6.45, 7) is 2.24. The predicted molar refractivity (Wildman–Crippen MR) is 59.5 cm³/mol. The second-order valence-electron chi connectivity index (χ2n) is 3.87. The second kappa shape index (κ2) is 6.02. The quantitative estimate of drug-likeness (QED) is 0.863. The summed E-state index contributed by atoms with van der Waals surface area (Å²) in [6, 6.07) is 9.22. The summed E-state index contributed by atoms with van der Waals surface area (Å²) in [5.41, 5.74) is 0.934. The van der Waals surface area contributed by atoms with Gasteiger partial charge >= 0.3 is 6.18 Å². The van der Waals surface area contributed by atoms with Crippen LogP contribution in [0, 0.1) is 0 Å². The molecule has 0 radical (unpaired) electrons. The molecule has 17 heavy (non-hydrogen) atoms. The average molecular weight is 247 g/mol. The van der Waals surface area contributed by atoms with Crippen LogP contribution < -0.4 is 0 Å². The Hall–Kier alpha value is -1.07. The highest BCUT2D eigenvalue weighted by molar-refractivity contribution is 5.14. The Morgan fingerprint density at radius 3 is 2.29 bits per heavy atom. The largest absolute Gasteiger partial charge is 0.415 e. The maximum Gasteiger partial charge on any atom is 0.415 e. The van der Waals surface area contributed by atoms with Crippen LogP contribution in [0.15, 0.2) is 30.3 Å². The van der Waals surface area contributed by atoms with Crippen LogP contribution in [0.25, 0.3) is 0 Å². The molecule has 0 bridgehead atoms. The van der Waals surface area contributed by atoms with E-state index in [9.17, 15) is 13.2 Å². The molecule has 0 heterocycles. The lowest BCUT2D eigenvalue weighted by Crippen LogP contribution is -2.40. The first-order valence-electron chi connectivity index (χ1n) is 5.44. The first-order chi connectivity index (χ1) is 7.93. The Kier molecular flexibility index (Phi) is 4.96. The van der Waals surface area contributed by atoms with Crippen molar-refractivity contribution in [2.75, 3.05) is 13.1 Å². The summed E-state index contributed by atoms with van der Waals surface area (Å²) in [6.07, 6.45) is -6.84. The molecule has 2 nitrogen and oxygen atoms in total. The van der Waals surface area contributed by atoms with Crippen molar-refractivity contribution < 1.29 is 18.3 Å². The van der Waals surface area contributed by atoms with Crippen LogP contribution in [0.4, 0.5) is 13.2 Å². The van der Waals surface area contributed by atoms with Crippen molar-refractivity contribution >= 4 is 0 Å². The summed E-state index contributed by atoms with van der Waals surface area (Å²) in [7, 11) is 0. The molecule has 0 amide bonds. The first-order valence-corrected chi connectivity index (χ1v) is 5.44. The normalized spacial score (nSPS) is 14.0. The van der Waals surface area contributed by atoms with Gasteiger partial charge in [0.1, 0.15) is 0 Å². The maximum absolute atomic E-state index is 12.2. The highest BCUT2D eigenvalue weighted by Crippen LogP contribution is 2.21. The minimum absolute atomic E-state index is 0.394. The van der Waals surface area contributed by atoms with Crippen molar-refractivity contribution in [2.45, 2.75) is 25.7 Å². The smallest absolute Gasteiger partial charge is 0.382 e. The molecule has 1 unspecified atom stereocenters. The molecule has 5 heteroatoms. The van der Waals surface area contributed by atoms with E-state index in [2.05, 4.69) is 0 Å². The Bertz CT molecular complexity index is 326. The third-order valence-corrected chi connectivity index (χ3v) is 2.51. The number of halogens is 3. The molecule has 1 N–H and O–H groups in total. The Balaban J connectivity index is 2.55. The molecule has 0 aliphatic heterocycles. The summed E-state index contributed by atoms with van der Waals surface area (Å²) in [4.78, 5) is 1.56. The molecule has 1 atom stereocenters. The average Bonchev–Trinajstić information content (AvgIpc) is 2.28. The van der Waals surface area contributed by atoms with Crippen molar-refractivity contribution in [1.29, 1.82) is 0 Å². The van der Waals surface area contributed by atoms with Gasteiger partial charge < -0.3 is 5.11 Å². The molecule has 1 rings (SSSR count). The van der Waals surface area contributed by atoms with E-state index < -0.39 is 18.8 Å². The second-order valence-corrected chi connectivity index (χ2v) is 3.87. The fourth-order valence-electron chi connectivity index (χ4n) is 1.50. The number of benzene rings is 1. The Morgan fingerprint density at radius 2 is 1.82 bits per heavy atom. The number of likely N-dealkylation sites (N-methyl/N-ethyl adjacent to an activating group) is 1. The fourth-order valence-corrected chi connectivity index (χ4v) is 1.50. The van der Waals surface area contributed by atoms with Gasteiger partial charge in [-0.2, -0.15) is 13.2 Å². The zero-order chi connectivity index (χ0) is 12.9. The monoisotopic (exact) mass is 247 g/mol. The molecule has 0 saturated heterocycles. The fraction of sp³-hybridized carbons (Fsp3) is 0.500. The number of aliphatic hydroxyl groups excluding tert-OH is 1. The third kappa shape index (κ3) is 4.75. The number of aliphatic hydroxyl groups is 1. The molecule has 0 aromatic heterocycles. The van der Waals surface area contributed by atoms with Crippen LogP contribution in [0.1, 0.15) is 12.5 Å². The van der Waals surface area contributed by atoms with Crippen molar-refractivity contribution in [2.24, 2.45) is 0 Å². The van der Waals surface area contributed by atoms with Crippen molar-refractivity contribution in [3.05, 3.63) is 35.9 Å². The van der Waals surface area contributed by atoms with Crippen molar-refractivity contribution in [1.82, 2.24) is 4.90 Å². The van der Waals surface area contributed by atoms with Crippen LogP contribution in [0.3, 0.4) is 0 Å². The van der Waals surface area contributed by atoms with Crippen LogP contribution in [0.2, 0.25) is 0 Å². The number of rotatable bonds is 5. The summed E-state index contributed by atoms with van der Waals surface area (Å²) >= 11 is 0. The SMILES string of the molecule is CCN(Cc1ccccc1)CC(O)C(F)(F)F. The molecule has 0 aliphatic carbocycles. The Morgan fingerprint density at radius 1 is 1.24 bits per heavy atom. The van der Waals surface area contributed by atoms with E-state index in [1.54, 1.807) is 11.8 Å². The van der Waals surface area contributed by atoms with E-state index in [1.807, 2.05) is 30.3 Å². The maximum atomic E-state index is 12.2. The number of nitrogens with zero attached hydrogens (tertiary/aromatic N) is 1. The molecule has 0 fully saturated rings. The topological polar surface area (TPSA) is 23.5 Å². The zero-order valence-electron chi connectivity index (χ0n) is 9.61. The molecular formula is C12H16F3NO. The van der Waals surface area contributed by atoms with Gasteiger partial charge in [0.2, 0.25) is 0 Å². The summed E-state index contributed by atoms with van der Waals surface area (Å²) in [5, 5.41) is 9.00. The molecule has 0 spiro atoms. The highest BCUT2D eigenvalue weighted by Gasteiger charge is 2.38. The van der Waals surface area contributed by atoms with E-state index in [0.29, 0.717) is 13.1 Å². The van der Waals surface area contributed by atoms with E-state index in [1.165, 1.54) is 0 Å². The molecule has 0 aliphatic rings. The third-order valence-electron chi connectivity index (χ3n) is 2.51. The van der Waals surface area contributed by atoms with Gasteiger partial charge in [-0.15, -0.1) is 0 Å². The lowest BCUT2D eigenvalue weighted by molar-refractivity contribution is -0.208. The predicted octanol–water partition coefficient (Wildman–Crippen LogP) is 2.43.